The fourth-order valence-corrected chi connectivity index (χ4v) is 20.6. The van der Waals surface area contributed by atoms with Crippen LogP contribution in [0.25, 0.3) is 106 Å². The maximum Gasteiger partial charge on any atom is 0.325 e. The number of rotatable bonds is 27. The van der Waals surface area contributed by atoms with Crippen molar-refractivity contribution in [2.24, 2.45) is 5.41 Å². The summed E-state index contributed by atoms with van der Waals surface area (Å²) < 4.78 is 37.6. The third-order valence-corrected chi connectivity index (χ3v) is 26.9. The monoisotopic (exact) mass is 1940 g/mol. The number of fused-ring (bicyclic) bond motifs is 7. The number of nitrogens with zero attached hydrogens (tertiary/aromatic N) is 15. The number of aromatic amines is 1. The summed E-state index contributed by atoms with van der Waals surface area (Å²) in [6.07, 6.45) is 34.5. The molecule has 0 saturated heterocycles. The molecule has 0 atom stereocenters. The summed E-state index contributed by atoms with van der Waals surface area (Å²) in [5.74, 6) is 7.53. The van der Waals surface area contributed by atoms with Crippen LogP contribution in [0.1, 0.15) is 286 Å². The highest BCUT2D eigenvalue weighted by Crippen LogP contribution is 2.40. The molecule has 15 heterocycles. The molecule has 0 radical (unpaired) electrons. The van der Waals surface area contributed by atoms with E-state index in [4.69, 9.17) is 47.7 Å². The summed E-state index contributed by atoms with van der Waals surface area (Å²) in [6, 6.07) is 43.7. The number of H-pyrrole nitrogens is 1. The third-order valence-electron chi connectivity index (χ3n) is 26.9. The lowest BCUT2D eigenvalue weighted by atomic mass is 9.82. The molecule has 758 valence electrons. The first kappa shape index (κ1) is 103. The van der Waals surface area contributed by atoms with E-state index >= 15 is 0 Å². The topological polar surface area (TPSA) is 306 Å². The van der Waals surface area contributed by atoms with Crippen molar-refractivity contribution < 1.29 is 27.6 Å². The Labute approximate surface area is 847 Å². The molecule has 144 heavy (non-hydrogen) atoms. The van der Waals surface area contributed by atoms with Gasteiger partial charge in [0.05, 0.1) is 56.8 Å². The van der Waals surface area contributed by atoms with Gasteiger partial charge in [0.15, 0.2) is 5.58 Å². The summed E-state index contributed by atoms with van der Waals surface area (Å²) >= 11 is 0. The zero-order chi connectivity index (χ0) is 102. The number of hydrogen-bond donors (Lipinski definition) is 6. The first-order chi connectivity index (χ1) is 68.9. The van der Waals surface area contributed by atoms with E-state index in [2.05, 4.69) is 300 Å². The number of esters is 1. The van der Waals surface area contributed by atoms with Crippen LogP contribution in [0.2, 0.25) is 0 Å². The highest BCUT2D eigenvalue weighted by molar-refractivity contribution is 5.88. The molecule has 0 unspecified atom stereocenters. The number of ether oxygens (including phenoxy) is 1. The van der Waals surface area contributed by atoms with Gasteiger partial charge >= 0.3 is 5.97 Å². The summed E-state index contributed by atoms with van der Waals surface area (Å²) in [7, 11) is 0. The van der Waals surface area contributed by atoms with E-state index in [9.17, 15) is 4.79 Å². The zero-order valence-corrected chi connectivity index (χ0v) is 89.3. The lowest BCUT2D eigenvalue weighted by Gasteiger charge is -2.34. The summed E-state index contributed by atoms with van der Waals surface area (Å²) in [5.41, 5.74) is 29.9. The van der Waals surface area contributed by atoms with Crippen LogP contribution in [-0.4, -0.2) is 119 Å². The van der Waals surface area contributed by atoms with Gasteiger partial charge in [-0.2, -0.15) is 5.10 Å². The molecule has 0 amide bonds. The number of anilines is 5. The molecule has 2 saturated carbocycles. The van der Waals surface area contributed by atoms with Crippen LogP contribution in [0.15, 0.2) is 170 Å². The number of carbonyl (C=O) groups is 1. The molecular formula is C117H149N21O6. The minimum absolute atomic E-state index is 0.0151. The van der Waals surface area contributed by atoms with E-state index < -0.39 is 5.60 Å². The van der Waals surface area contributed by atoms with Crippen LogP contribution in [0, 0.1) is 67.7 Å². The second-order valence-corrected chi connectivity index (χ2v) is 43.4. The molecule has 2 aliphatic carbocycles. The van der Waals surface area contributed by atoms with Gasteiger partial charge in [-0.1, -0.05) is 175 Å². The van der Waals surface area contributed by atoms with Crippen molar-refractivity contribution in [3.63, 3.8) is 0 Å². The second kappa shape index (κ2) is 44.2. The number of carbonyl (C=O) groups excluding carboxylic acids is 1. The minimum Gasteiger partial charge on any atom is -0.459 e. The number of benzene rings is 3. The van der Waals surface area contributed by atoms with E-state index in [-0.39, 0.29) is 29.0 Å². The van der Waals surface area contributed by atoms with E-state index in [1.165, 1.54) is 115 Å². The van der Waals surface area contributed by atoms with Gasteiger partial charge in [-0.25, -0.2) is 24.9 Å². The van der Waals surface area contributed by atoms with Gasteiger partial charge < -0.3 is 49.4 Å². The van der Waals surface area contributed by atoms with Crippen molar-refractivity contribution in [1.82, 2.24) is 77.7 Å². The van der Waals surface area contributed by atoms with E-state index in [1.54, 1.807) is 0 Å². The van der Waals surface area contributed by atoms with E-state index in [0.29, 0.717) is 12.1 Å². The smallest absolute Gasteiger partial charge is 0.325 e. The first-order valence-electron chi connectivity index (χ1n) is 52.1. The molecule has 6 N–H and O–H groups in total. The van der Waals surface area contributed by atoms with Gasteiger partial charge in [-0.3, -0.25) is 31.9 Å². The van der Waals surface area contributed by atoms with Crippen molar-refractivity contribution >= 4 is 85.2 Å². The maximum absolute atomic E-state index is 12.4. The standard InChI is InChI=1S/C27H32N4O3.C24H29N5.C24H28N4O.C23H34N4O.C19H26N4O/c1-17-7-9-20(10-8-17)11-12-22-26(28-16-24(32)33-27(4,5)6)31-14-13-21(15-23(31)29-22)25-18(2)30-34-19(25)3;1-3-7-22-24(25-19-8-5-4-6-9-19)29-13-12-18(15-23(29)26-22)17-10-11-21-20(14-17)16(2)27-28-21;1-3-7-21-24(25-19-8-5-4-6-9-19)28-13-12-18(15-23(28)26-21)17-10-11-22-20(14-17)16(2)27-29-22;1-9-10-18-21(25-23(7,8)14-22(4,5)6)27-12-11-17(13-19(27)24-18)20-15(2)26-28-16(20)3;1-7-8-15-18(21-19(4,5)6)23-10-9-14(11-16(23)20-15)17-12(2)22-24-13(17)3/h7-10,13-15,28H,11-12,16H2,1-6H3;10-15,19,25H,3-9H2,1-2H3,(H,27,28);10-15,19,25H,3-9H2,1-2H3;11-13,25H,9-10,14H2,1-8H3;9-11,21H,7-8H2,1-6H3. The van der Waals surface area contributed by atoms with Gasteiger partial charge in [-0.15, -0.1) is 0 Å². The number of nitrogens with one attached hydrogen (secondary N) is 6. The highest BCUT2D eigenvalue weighted by Gasteiger charge is 2.31. The van der Waals surface area contributed by atoms with Crippen molar-refractivity contribution in [2.75, 3.05) is 33.1 Å². The lowest BCUT2D eigenvalue weighted by molar-refractivity contribution is -0.152. The van der Waals surface area contributed by atoms with E-state index in [1.807, 2.05) is 98.0 Å². The molecule has 27 heteroatoms. The normalized spacial score (nSPS) is 13.4. The van der Waals surface area contributed by atoms with Gasteiger partial charge in [0.2, 0.25) is 0 Å². The predicted molar refractivity (Wildman–Crippen MR) is 583 cm³/mol. The Morgan fingerprint density at radius 3 is 1.18 bits per heavy atom. The number of aryl methyl sites for hydroxylation is 15. The summed E-state index contributed by atoms with van der Waals surface area (Å²) in [5, 5.41) is 44.3. The van der Waals surface area contributed by atoms with E-state index in [0.717, 1.165) is 240 Å². The molecule has 15 aromatic heterocycles. The molecule has 2 fully saturated rings. The van der Waals surface area contributed by atoms with Gasteiger partial charge in [0.1, 0.15) is 86.8 Å². The van der Waals surface area contributed by atoms with Crippen LogP contribution in [0.4, 0.5) is 29.1 Å². The van der Waals surface area contributed by atoms with Gasteiger partial charge in [0, 0.05) is 87.3 Å². The molecule has 0 spiro atoms. The Morgan fingerprint density at radius 1 is 0.396 bits per heavy atom. The summed E-state index contributed by atoms with van der Waals surface area (Å²) in [6.45, 7) is 50.2. The molecule has 0 aliphatic heterocycles. The van der Waals surface area contributed by atoms with Crippen LogP contribution >= 0.6 is 0 Å². The number of imidazole rings is 5. The predicted octanol–water partition coefficient (Wildman–Crippen LogP) is 28.4. The number of aromatic nitrogens is 16. The summed E-state index contributed by atoms with van der Waals surface area (Å²) in [4.78, 5) is 37.1. The van der Waals surface area contributed by atoms with Crippen molar-refractivity contribution in [3.8, 4) is 55.6 Å². The Hall–Kier alpha value is -13.9. The maximum atomic E-state index is 12.4. The largest absolute Gasteiger partial charge is 0.459 e. The Kier molecular flexibility index (Phi) is 31.6. The molecular weight excluding hydrogens is 1800 g/mol. The zero-order valence-electron chi connectivity index (χ0n) is 89.3. The Bertz CT molecular complexity index is 7240. The lowest BCUT2D eigenvalue weighted by Crippen LogP contribution is -2.36. The second-order valence-electron chi connectivity index (χ2n) is 43.4. The van der Waals surface area contributed by atoms with Gasteiger partial charge in [0.25, 0.3) is 0 Å². The van der Waals surface area contributed by atoms with Crippen molar-refractivity contribution in [2.45, 2.75) is 330 Å². The first-order valence-corrected chi connectivity index (χ1v) is 52.1. The third kappa shape index (κ3) is 24.4. The SMILES string of the molecule is CCCc1nc2cc(-c3c(C)noc3C)ccn2c1NC(C)(C)C.CCCc1nc2cc(-c3c(C)noc3C)ccn2c1NC(C)(C)CC(C)(C)C.CCCc1nc2cc(-c3ccc4n[nH]c(C)c4c3)ccn2c1NC1CCCCC1.CCCc1nc2cc(-c3ccc4onc(C)c4c3)ccn2c1NC1CCCCC1.Cc1ccc(CCc2nc3cc(-c4c(C)noc4C)ccn3c2NCC(=O)OC(C)(C)C)cc1. The van der Waals surface area contributed by atoms with Crippen molar-refractivity contribution in [1.29, 1.82) is 0 Å². The van der Waals surface area contributed by atoms with Gasteiger partial charge in [-0.05, 0) is 323 Å². The number of pyridine rings is 5. The molecule has 18 aromatic rings. The minimum atomic E-state index is -0.532. The molecule has 2 aliphatic rings. The molecule has 3 aromatic carbocycles. The number of hydrogen-bond acceptors (Lipinski definition) is 21. The van der Waals surface area contributed by atoms with Crippen LogP contribution < -0.4 is 26.6 Å². The fourth-order valence-electron chi connectivity index (χ4n) is 20.6. The average molecular weight is 1950 g/mol. The van der Waals surface area contributed by atoms with Crippen LogP contribution in [0.3, 0.4) is 0 Å². The molecule has 27 nitrogen and oxygen atoms in total. The molecule has 0 bridgehead atoms. The van der Waals surface area contributed by atoms with Crippen molar-refractivity contribution in [3.05, 3.63) is 238 Å². The average Bonchev–Trinajstić information content (AvgIpc) is 1.59. The van der Waals surface area contributed by atoms with Crippen LogP contribution in [-0.2, 0) is 48.1 Å². The quantitative estimate of drug-likeness (QED) is 0.0261. The fraction of sp³-hybridized carbons (Fsp3) is 0.444. The Morgan fingerprint density at radius 2 is 0.771 bits per heavy atom. The Balaban J connectivity index is 0.000000130. The highest BCUT2D eigenvalue weighted by atomic mass is 16.6. The van der Waals surface area contributed by atoms with Crippen LogP contribution in [0.5, 0.6) is 0 Å². The molecule has 20 rings (SSSR count).